The first-order chi connectivity index (χ1) is 8.86. The molecule has 18 heavy (non-hydrogen) atoms. The maximum Gasteiger partial charge on any atom is 0.0601 e. The molecule has 1 N–H and O–H groups in total. The van der Waals surface area contributed by atoms with Crippen molar-refractivity contribution >= 4 is 0 Å². The maximum absolute atomic E-state index is 5.32. The molecule has 1 atom stereocenters. The lowest BCUT2D eigenvalue weighted by atomic mass is 9.82. The van der Waals surface area contributed by atoms with E-state index in [1.54, 1.807) is 11.1 Å². The van der Waals surface area contributed by atoms with E-state index >= 15 is 0 Å². The van der Waals surface area contributed by atoms with Gasteiger partial charge >= 0.3 is 0 Å². The molecule has 1 aromatic carbocycles. The monoisotopic (exact) mass is 245 g/mol. The van der Waals surface area contributed by atoms with Gasteiger partial charge < -0.3 is 10.1 Å². The molecule has 1 saturated carbocycles. The first kappa shape index (κ1) is 12.2. The Morgan fingerprint density at radius 1 is 1.28 bits per heavy atom. The molecule has 0 amide bonds. The Morgan fingerprint density at radius 3 is 2.94 bits per heavy atom. The molecule has 0 heterocycles. The van der Waals surface area contributed by atoms with Gasteiger partial charge in [-0.25, -0.2) is 0 Å². The topological polar surface area (TPSA) is 21.3 Å². The van der Waals surface area contributed by atoms with Crippen LogP contribution in [0.2, 0.25) is 0 Å². The molecular weight excluding hydrogens is 222 g/mol. The average molecular weight is 245 g/mol. The van der Waals surface area contributed by atoms with Gasteiger partial charge in [-0.1, -0.05) is 24.3 Å². The molecule has 0 saturated heterocycles. The maximum atomic E-state index is 5.32. The van der Waals surface area contributed by atoms with Crippen molar-refractivity contribution in [2.75, 3.05) is 13.7 Å². The molecule has 0 aliphatic heterocycles. The zero-order valence-electron chi connectivity index (χ0n) is 11.2. The Bertz CT molecular complexity index is 398. The van der Waals surface area contributed by atoms with Gasteiger partial charge in [0.05, 0.1) is 6.10 Å². The van der Waals surface area contributed by atoms with E-state index in [2.05, 4.69) is 29.6 Å². The van der Waals surface area contributed by atoms with Gasteiger partial charge in [-0.2, -0.15) is 0 Å². The predicted molar refractivity (Wildman–Crippen MR) is 73.9 cm³/mol. The highest BCUT2D eigenvalue weighted by molar-refractivity contribution is 5.32. The molecule has 1 fully saturated rings. The molecule has 2 aliphatic rings. The highest BCUT2D eigenvalue weighted by Crippen LogP contribution is 2.31. The van der Waals surface area contributed by atoms with Gasteiger partial charge in [0.15, 0.2) is 0 Å². The third kappa shape index (κ3) is 2.45. The summed E-state index contributed by atoms with van der Waals surface area (Å²) in [5, 5.41) is 3.71. The summed E-state index contributed by atoms with van der Waals surface area (Å²) in [5.41, 5.74) is 3.15. The smallest absolute Gasteiger partial charge is 0.0601 e. The van der Waals surface area contributed by atoms with Crippen LogP contribution in [0.5, 0.6) is 0 Å². The standard InChI is InChI=1S/C16H23NO/c1-18-15-9-14(10-15)17-11-13-7-4-6-12-5-2-3-8-16(12)13/h2-3,5,8,13-15,17H,4,6-7,9-11H2,1H3. The Hall–Kier alpha value is -0.860. The van der Waals surface area contributed by atoms with Crippen molar-refractivity contribution in [3.63, 3.8) is 0 Å². The van der Waals surface area contributed by atoms with Gasteiger partial charge in [0, 0.05) is 19.7 Å². The third-order valence-corrected chi connectivity index (χ3v) is 4.57. The molecule has 0 aromatic heterocycles. The lowest BCUT2D eigenvalue weighted by Gasteiger charge is -2.36. The molecule has 1 unspecified atom stereocenters. The molecule has 0 radical (unpaired) electrons. The zero-order chi connectivity index (χ0) is 12.4. The summed E-state index contributed by atoms with van der Waals surface area (Å²) in [4.78, 5) is 0. The van der Waals surface area contributed by atoms with Crippen molar-refractivity contribution in [3.05, 3.63) is 35.4 Å². The molecule has 98 valence electrons. The first-order valence-electron chi connectivity index (χ1n) is 7.21. The van der Waals surface area contributed by atoms with Gasteiger partial charge in [0.1, 0.15) is 0 Å². The van der Waals surface area contributed by atoms with Gasteiger partial charge in [0.2, 0.25) is 0 Å². The van der Waals surface area contributed by atoms with Crippen LogP contribution in [0.4, 0.5) is 0 Å². The van der Waals surface area contributed by atoms with Crippen LogP contribution in [-0.4, -0.2) is 25.8 Å². The summed E-state index contributed by atoms with van der Waals surface area (Å²) in [6.07, 6.45) is 6.82. The number of aryl methyl sites for hydroxylation is 1. The van der Waals surface area contributed by atoms with Crippen LogP contribution in [0.15, 0.2) is 24.3 Å². The number of hydrogen-bond donors (Lipinski definition) is 1. The summed E-state index contributed by atoms with van der Waals surface area (Å²) >= 11 is 0. The van der Waals surface area contributed by atoms with E-state index in [1.807, 2.05) is 7.11 Å². The molecule has 0 bridgehead atoms. The average Bonchev–Trinajstić information content (AvgIpc) is 2.37. The lowest BCUT2D eigenvalue weighted by Crippen LogP contribution is -2.46. The molecule has 2 nitrogen and oxygen atoms in total. The van der Waals surface area contributed by atoms with Crippen molar-refractivity contribution in [2.45, 2.75) is 50.2 Å². The summed E-state index contributed by atoms with van der Waals surface area (Å²) in [5.74, 6) is 0.719. The minimum Gasteiger partial charge on any atom is -0.381 e. The van der Waals surface area contributed by atoms with Crippen molar-refractivity contribution in [3.8, 4) is 0 Å². The normalized spacial score (nSPS) is 30.6. The summed E-state index contributed by atoms with van der Waals surface area (Å²) in [7, 11) is 1.82. The van der Waals surface area contributed by atoms with Crippen LogP contribution in [0.25, 0.3) is 0 Å². The minimum absolute atomic E-state index is 0.501. The van der Waals surface area contributed by atoms with Crippen LogP contribution in [0.3, 0.4) is 0 Å². The van der Waals surface area contributed by atoms with Gasteiger partial charge in [0.25, 0.3) is 0 Å². The number of nitrogens with one attached hydrogen (secondary N) is 1. The van der Waals surface area contributed by atoms with E-state index in [0.29, 0.717) is 12.1 Å². The number of methoxy groups -OCH3 is 1. The second-order valence-electron chi connectivity index (χ2n) is 5.72. The summed E-state index contributed by atoms with van der Waals surface area (Å²) in [6.45, 7) is 1.14. The summed E-state index contributed by atoms with van der Waals surface area (Å²) in [6, 6.07) is 9.65. The van der Waals surface area contributed by atoms with E-state index in [4.69, 9.17) is 4.74 Å². The van der Waals surface area contributed by atoms with Crippen LogP contribution < -0.4 is 5.32 Å². The van der Waals surface area contributed by atoms with Gasteiger partial charge in [-0.3, -0.25) is 0 Å². The van der Waals surface area contributed by atoms with Gasteiger partial charge in [-0.15, -0.1) is 0 Å². The quantitative estimate of drug-likeness (QED) is 0.880. The fourth-order valence-electron chi connectivity index (χ4n) is 3.30. The van der Waals surface area contributed by atoms with Gasteiger partial charge in [-0.05, 0) is 49.1 Å². The molecule has 2 aliphatic carbocycles. The van der Waals surface area contributed by atoms with E-state index in [-0.39, 0.29) is 0 Å². The predicted octanol–water partition coefficient (Wildman–Crippen LogP) is 2.87. The SMILES string of the molecule is COC1CC(NCC2CCCc3ccccc32)C1. The van der Waals surface area contributed by atoms with E-state index < -0.39 is 0 Å². The number of benzene rings is 1. The van der Waals surface area contributed by atoms with Crippen molar-refractivity contribution in [1.82, 2.24) is 5.32 Å². The highest BCUT2D eigenvalue weighted by atomic mass is 16.5. The first-order valence-corrected chi connectivity index (χ1v) is 7.21. The zero-order valence-corrected chi connectivity index (χ0v) is 11.2. The van der Waals surface area contributed by atoms with E-state index in [0.717, 1.165) is 12.5 Å². The summed E-state index contributed by atoms with van der Waals surface area (Å²) < 4.78 is 5.32. The number of ether oxygens (including phenoxy) is 1. The van der Waals surface area contributed by atoms with Crippen LogP contribution in [0.1, 0.15) is 42.7 Å². The fraction of sp³-hybridized carbons (Fsp3) is 0.625. The van der Waals surface area contributed by atoms with Crippen molar-refractivity contribution in [1.29, 1.82) is 0 Å². The van der Waals surface area contributed by atoms with Crippen molar-refractivity contribution in [2.24, 2.45) is 0 Å². The largest absolute Gasteiger partial charge is 0.381 e. The van der Waals surface area contributed by atoms with Crippen molar-refractivity contribution < 1.29 is 4.74 Å². The lowest BCUT2D eigenvalue weighted by molar-refractivity contribution is 0.0170. The highest BCUT2D eigenvalue weighted by Gasteiger charge is 2.29. The second kappa shape index (κ2) is 5.41. The third-order valence-electron chi connectivity index (χ3n) is 4.57. The minimum atomic E-state index is 0.501. The molecule has 1 aromatic rings. The Morgan fingerprint density at radius 2 is 2.11 bits per heavy atom. The number of fused-ring (bicyclic) bond motifs is 1. The Labute approximate surface area is 110 Å². The van der Waals surface area contributed by atoms with Crippen LogP contribution >= 0.6 is 0 Å². The number of rotatable bonds is 4. The fourth-order valence-corrected chi connectivity index (χ4v) is 3.30. The van der Waals surface area contributed by atoms with Crippen LogP contribution in [-0.2, 0) is 11.2 Å². The molecular formula is C16H23NO. The molecule has 0 spiro atoms. The van der Waals surface area contributed by atoms with Crippen LogP contribution in [0, 0.1) is 0 Å². The Balaban J connectivity index is 1.55. The molecule has 3 rings (SSSR count). The van der Waals surface area contributed by atoms with E-state index in [1.165, 1.54) is 32.1 Å². The van der Waals surface area contributed by atoms with E-state index in [9.17, 15) is 0 Å². The molecule has 2 heteroatoms. The second-order valence-corrected chi connectivity index (χ2v) is 5.72. The number of hydrogen-bond acceptors (Lipinski definition) is 2. The Kier molecular flexibility index (Phi) is 3.67.